The Balaban J connectivity index is 1.22. The number of nitrogens with zero attached hydrogens (tertiary/aromatic N) is 2. The second-order valence-corrected chi connectivity index (χ2v) is 8.19. The molecule has 7 heteroatoms. The molecule has 6 nitrogen and oxygen atoms in total. The normalized spacial score (nSPS) is 25.0. The Kier molecular flexibility index (Phi) is 3.67. The average Bonchev–Trinajstić information content (AvgIpc) is 3.17. The van der Waals surface area contributed by atoms with Gasteiger partial charge in [-0.05, 0) is 43.4 Å². The molecule has 1 aliphatic heterocycles. The minimum Gasteiger partial charge on any atom is -0.352 e. The lowest BCUT2D eigenvalue weighted by molar-refractivity contribution is -0.123. The summed E-state index contributed by atoms with van der Waals surface area (Å²) >= 11 is 0. The van der Waals surface area contributed by atoms with Crippen LogP contribution in [0.3, 0.4) is 0 Å². The molecule has 2 radical (unpaired) electrons. The Morgan fingerprint density at radius 3 is 2.85 bits per heavy atom. The molecule has 2 heterocycles. The molecule has 1 aromatic carbocycles. The highest BCUT2D eigenvalue weighted by molar-refractivity contribution is 6.32. The largest absolute Gasteiger partial charge is 0.352 e. The van der Waals surface area contributed by atoms with Gasteiger partial charge in [0, 0.05) is 41.4 Å². The summed E-state index contributed by atoms with van der Waals surface area (Å²) in [6.45, 7) is 0.729. The molecular formula is C20H21BN4O2. The van der Waals surface area contributed by atoms with Crippen LogP contribution in [0.1, 0.15) is 53.2 Å². The first-order valence-corrected chi connectivity index (χ1v) is 9.52. The van der Waals surface area contributed by atoms with E-state index >= 15 is 0 Å². The summed E-state index contributed by atoms with van der Waals surface area (Å²) < 4.78 is 0. The number of carbonyl (C=O) groups excluding carboxylic acids is 2. The van der Waals surface area contributed by atoms with Crippen molar-refractivity contribution in [2.75, 3.05) is 13.1 Å². The third-order valence-electron chi connectivity index (χ3n) is 6.28. The fourth-order valence-corrected chi connectivity index (χ4v) is 4.52. The predicted octanol–water partition coefficient (Wildman–Crippen LogP) is 0.753. The maximum Gasteiger partial charge on any atom is 0.254 e. The van der Waals surface area contributed by atoms with Crippen LogP contribution in [-0.4, -0.2) is 53.9 Å². The van der Waals surface area contributed by atoms with E-state index in [1.807, 2.05) is 12.1 Å². The summed E-state index contributed by atoms with van der Waals surface area (Å²) in [5, 5.41) is 10.0. The van der Waals surface area contributed by atoms with Crippen molar-refractivity contribution in [3.8, 4) is 0 Å². The van der Waals surface area contributed by atoms with Gasteiger partial charge in [-0.15, -0.1) is 0 Å². The van der Waals surface area contributed by atoms with Gasteiger partial charge in [0.1, 0.15) is 7.85 Å². The summed E-state index contributed by atoms with van der Waals surface area (Å²) in [4.78, 5) is 27.1. The highest BCUT2D eigenvalue weighted by Gasteiger charge is 2.51. The second-order valence-electron chi connectivity index (χ2n) is 8.19. The van der Waals surface area contributed by atoms with Crippen LogP contribution < -0.4 is 10.8 Å². The highest BCUT2D eigenvalue weighted by Crippen LogP contribution is 2.52. The topological polar surface area (TPSA) is 78.1 Å². The molecule has 27 heavy (non-hydrogen) atoms. The molecule has 0 unspecified atom stereocenters. The second kappa shape index (κ2) is 5.97. The zero-order chi connectivity index (χ0) is 18.6. The molecule has 2 amide bonds. The number of benzene rings is 1. The van der Waals surface area contributed by atoms with E-state index in [0.29, 0.717) is 23.5 Å². The minimum absolute atomic E-state index is 0.00108. The van der Waals surface area contributed by atoms with Gasteiger partial charge in [0.2, 0.25) is 5.91 Å². The van der Waals surface area contributed by atoms with Gasteiger partial charge >= 0.3 is 0 Å². The van der Waals surface area contributed by atoms with Crippen molar-refractivity contribution in [2.45, 2.75) is 43.1 Å². The van der Waals surface area contributed by atoms with E-state index in [2.05, 4.69) is 15.5 Å². The molecule has 2 fully saturated rings. The maximum absolute atomic E-state index is 12.8. The van der Waals surface area contributed by atoms with Crippen LogP contribution in [0.4, 0.5) is 0 Å². The van der Waals surface area contributed by atoms with Gasteiger partial charge in [0.25, 0.3) is 5.91 Å². The number of carbonyl (C=O) groups is 2. The fourth-order valence-electron chi connectivity index (χ4n) is 4.52. The van der Waals surface area contributed by atoms with E-state index in [4.69, 9.17) is 7.85 Å². The molecular weight excluding hydrogens is 339 g/mol. The van der Waals surface area contributed by atoms with Crippen molar-refractivity contribution >= 4 is 25.1 Å². The smallest absolute Gasteiger partial charge is 0.254 e. The van der Waals surface area contributed by atoms with Crippen LogP contribution in [0.2, 0.25) is 0 Å². The third-order valence-corrected chi connectivity index (χ3v) is 6.28. The van der Waals surface area contributed by atoms with Crippen LogP contribution in [-0.2, 0) is 10.2 Å². The SMILES string of the molecule is [B]c1ccc2c(c1)C1(CC1)CN(CC(=O)NC1CC(c3ccn[nH]3)C1)C2=O. The first-order valence-electron chi connectivity index (χ1n) is 9.52. The molecule has 1 spiro atoms. The highest BCUT2D eigenvalue weighted by atomic mass is 16.2. The molecule has 2 N–H and O–H groups in total. The third kappa shape index (κ3) is 2.85. The molecule has 0 bridgehead atoms. The standard InChI is InChI=1S/C20H21BN4O2/c21-13-1-2-15-16(9-13)20(4-5-20)11-25(19(15)27)10-18(26)23-14-7-12(8-14)17-3-6-22-24-17/h1-3,6,9,12,14H,4-5,7-8,10-11H2,(H,22,24)(H,23,26). The molecule has 0 atom stereocenters. The van der Waals surface area contributed by atoms with Gasteiger partial charge in [-0.1, -0.05) is 17.6 Å². The van der Waals surface area contributed by atoms with Crippen molar-refractivity contribution in [1.82, 2.24) is 20.4 Å². The zero-order valence-electron chi connectivity index (χ0n) is 15.1. The predicted molar refractivity (Wildman–Crippen MR) is 101 cm³/mol. The van der Waals surface area contributed by atoms with Gasteiger partial charge in [-0.25, -0.2) is 0 Å². The van der Waals surface area contributed by atoms with E-state index in [0.717, 1.165) is 36.9 Å². The molecule has 1 aromatic heterocycles. The maximum atomic E-state index is 12.8. The van der Waals surface area contributed by atoms with E-state index in [9.17, 15) is 9.59 Å². The zero-order valence-corrected chi connectivity index (χ0v) is 15.1. The summed E-state index contributed by atoms with van der Waals surface area (Å²) in [6, 6.07) is 7.65. The molecule has 2 saturated carbocycles. The van der Waals surface area contributed by atoms with Crippen LogP contribution in [0.5, 0.6) is 0 Å². The van der Waals surface area contributed by atoms with E-state index in [-0.39, 0.29) is 29.8 Å². The molecule has 2 aromatic rings. The summed E-state index contributed by atoms with van der Waals surface area (Å²) in [7, 11) is 5.92. The number of rotatable bonds is 4. The number of amides is 2. The summed E-state index contributed by atoms with van der Waals surface area (Å²) in [5.74, 6) is 0.286. The number of aromatic nitrogens is 2. The Labute approximate surface area is 159 Å². The monoisotopic (exact) mass is 360 g/mol. The van der Waals surface area contributed by atoms with Gasteiger partial charge < -0.3 is 10.2 Å². The first kappa shape index (κ1) is 16.6. The Hall–Kier alpha value is -2.57. The van der Waals surface area contributed by atoms with Gasteiger partial charge in [0.15, 0.2) is 0 Å². The number of H-pyrrole nitrogens is 1. The number of fused-ring (bicyclic) bond motifs is 2. The molecule has 0 saturated heterocycles. The van der Waals surface area contributed by atoms with Crippen LogP contribution in [0.15, 0.2) is 30.5 Å². The Bertz CT molecular complexity index is 901. The fraction of sp³-hybridized carbons (Fsp3) is 0.450. The number of hydrogen-bond donors (Lipinski definition) is 2. The molecule has 5 rings (SSSR count). The van der Waals surface area contributed by atoms with E-state index in [1.165, 1.54) is 0 Å². The number of hydrogen-bond acceptors (Lipinski definition) is 3. The summed E-state index contributed by atoms with van der Waals surface area (Å²) in [6.07, 6.45) is 5.66. The van der Waals surface area contributed by atoms with Gasteiger partial charge in [-0.2, -0.15) is 5.10 Å². The van der Waals surface area contributed by atoms with Gasteiger partial charge in [0.05, 0.1) is 6.54 Å². The van der Waals surface area contributed by atoms with Crippen molar-refractivity contribution in [1.29, 1.82) is 0 Å². The van der Waals surface area contributed by atoms with Crippen LogP contribution >= 0.6 is 0 Å². The van der Waals surface area contributed by atoms with E-state index < -0.39 is 0 Å². The van der Waals surface area contributed by atoms with E-state index in [1.54, 1.807) is 23.2 Å². The van der Waals surface area contributed by atoms with Crippen molar-refractivity contribution < 1.29 is 9.59 Å². The quantitative estimate of drug-likeness (QED) is 0.790. The lowest BCUT2D eigenvalue weighted by Crippen LogP contribution is -2.51. The molecule has 2 aliphatic carbocycles. The van der Waals surface area contributed by atoms with Crippen molar-refractivity contribution in [3.05, 3.63) is 47.3 Å². The van der Waals surface area contributed by atoms with Crippen LogP contribution in [0.25, 0.3) is 0 Å². The molecule has 3 aliphatic rings. The number of aromatic amines is 1. The van der Waals surface area contributed by atoms with Crippen LogP contribution in [0, 0.1) is 0 Å². The Morgan fingerprint density at radius 2 is 2.15 bits per heavy atom. The first-order chi connectivity index (χ1) is 13.0. The number of nitrogens with one attached hydrogen (secondary N) is 2. The van der Waals surface area contributed by atoms with Crippen molar-refractivity contribution in [3.63, 3.8) is 0 Å². The average molecular weight is 360 g/mol. The molecule has 136 valence electrons. The minimum atomic E-state index is -0.0777. The van der Waals surface area contributed by atoms with Gasteiger partial charge in [-0.3, -0.25) is 14.7 Å². The Morgan fingerprint density at radius 1 is 1.33 bits per heavy atom. The lowest BCUT2D eigenvalue weighted by Gasteiger charge is -2.37. The lowest BCUT2D eigenvalue weighted by atomic mass is 9.78. The summed E-state index contributed by atoms with van der Waals surface area (Å²) in [5.41, 5.74) is 3.57. The van der Waals surface area contributed by atoms with Crippen molar-refractivity contribution in [2.24, 2.45) is 0 Å².